The number of carbonyl (C=O) groups excluding carboxylic acids is 1. The first-order valence-corrected chi connectivity index (χ1v) is 11.0. The first kappa shape index (κ1) is 24.1. The van der Waals surface area contributed by atoms with Crippen molar-refractivity contribution in [3.8, 4) is 0 Å². The second-order valence-electron chi connectivity index (χ2n) is 7.53. The van der Waals surface area contributed by atoms with E-state index in [2.05, 4.69) is 52.3 Å². The summed E-state index contributed by atoms with van der Waals surface area (Å²) in [4.78, 5) is 11.5. The topological polar surface area (TPSA) is 57.9 Å². The molecule has 0 spiro atoms. The summed E-state index contributed by atoms with van der Waals surface area (Å²) >= 11 is 3.57. The minimum absolute atomic E-state index is 0. The predicted molar refractivity (Wildman–Crippen MR) is 126 cm³/mol. The quantitative estimate of drug-likeness (QED) is 0.263. The van der Waals surface area contributed by atoms with Crippen LogP contribution in [0.25, 0.3) is 10.9 Å². The normalized spacial score (nSPS) is 11.2. The van der Waals surface area contributed by atoms with E-state index < -0.39 is 11.5 Å². The van der Waals surface area contributed by atoms with E-state index in [1.165, 1.54) is 0 Å². The van der Waals surface area contributed by atoms with Crippen LogP contribution in [-0.2, 0) is 5.54 Å². The summed E-state index contributed by atoms with van der Waals surface area (Å²) in [6.07, 6.45) is 0. The molecule has 5 aromatic rings. The van der Waals surface area contributed by atoms with Gasteiger partial charge in [-0.15, -0.1) is 0 Å². The Bertz CT molecular complexity index is 1310. The van der Waals surface area contributed by atoms with Crippen molar-refractivity contribution in [1.82, 2.24) is 9.78 Å². The Morgan fingerprint density at radius 2 is 1.21 bits per heavy atom. The zero-order valence-corrected chi connectivity index (χ0v) is 22.7. The molecule has 0 N–H and O–H groups in total. The van der Waals surface area contributed by atoms with E-state index in [9.17, 15) is 9.90 Å². The van der Waals surface area contributed by atoms with Gasteiger partial charge in [-0.3, -0.25) is 0 Å². The smallest absolute Gasteiger partial charge is 0.545 e. The Balaban J connectivity index is 0.00000259. The number of benzene rings is 4. The molecule has 0 aliphatic rings. The molecule has 4 nitrogen and oxygen atoms in total. The number of nitrogens with zero attached hydrogens (tertiary/aromatic N) is 2. The summed E-state index contributed by atoms with van der Waals surface area (Å²) in [6.45, 7) is 0. The summed E-state index contributed by atoms with van der Waals surface area (Å²) in [5, 5.41) is 17.1. The fourth-order valence-corrected chi connectivity index (χ4v) is 4.85. The van der Waals surface area contributed by atoms with Crippen molar-refractivity contribution in [2.24, 2.45) is 0 Å². The molecule has 5 rings (SSSR count). The molecule has 0 radical (unpaired) electrons. The van der Waals surface area contributed by atoms with Gasteiger partial charge >= 0.3 is 51.4 Å². The van der Waals surface area contributed by atoms with Gasteiger partial charge in [0.15, 0.2) is 0 Å². The van der Waals surface area contributed by atoms with Gasteiger partial charge in [0.2, 0.25) is 0 Å². The fraction of sp³-hybridized carbons (Fsp3) is 0.0370. The molecule has 0 bridgehead atoms. The molecule has 33 heavy (non-hydrogen) atoms. The van der Waals surface area contributed by atoms with Crippen molar-refractivity contribution in [2.45, 2.75) is 5.54 Å². The zero-order chi connectivity index (χ0) is 22.1. The van der Waals surface area contributed by atoms with E-state index in [0.29, 0.717) is 9.99 Å². The molecular formula is C27H18BrKN2O2. The van der Waals surface area contributed by atoms with E-state index >= 15 is 0 Å². The van der Waals surface area contributed by atoms with Crippen LogP contribution in [0.2, 0.25) is 0 Å². The van der Waals surface area contributed by atoms with Crippen LogP contribution in [0.4, 0.5) is 0 Å². The van der Waals surface area contributed by atoms with Crippen LogP contribution in [0, 0.1) is 0 Å². The summed E-state index contributed by atoms with van der Waals surface area (Å²) < 4.78 is 2.55. The minimum atomic E-state index is -1.22. The molecule has 0 saturated carbocycles. The van der Waals surface area contributed by atoms with E-state index in [1.807, 2.05) is 59.3 Å². The van der Waals surface area contributed by atoms with Gasteiger partial charge in [0, 0.05) is 5.39 Å². The second kappa shape index (κ2) is 10.1. The van der Waals surface area contributed by atoms with Gasteiger partial charge in [-0.2, -0.15) is 5.10 Å². The number of carbonyl (C=O) groups is 1. The van der Waals surface area contributed by atoms with Crippen molar-refractivity contribution in [2.75, 3.05) is 0 Å². The third-order valence-corrected chi connectivity index (χ3v) is 6.35. The molecule has 1 heterocycles. The number of fused-ring (bicyclic) bond motifs is 1. The molecule has 0 unspecified atom stereocenters. The van der Waals surface area contributed by atoms with Crippen LogP contribution in [-0.4, -0.2) is 15.7 Å². The zero-order valence-electron chi connectivity index (χ0n) is 18.0. The summed E-state index contributed by atoms with van der Waals surface area (Å²) in [5.74, 6) is -1.22. The van der Waals surface area contributed by atoms with E-state index in [0.717, 1.165) is 22.2 Å². The van der Waals surface area contributed by atoms with Gasteiger partial charge in [-0.1, -0.05) is 97.1 Å². The molecule has 0 amide bonds. The first-order chi connectivity index (χ1) is 15.6. The average Bonchev–Trinajstić information content (AvgIpc) is 3.18. The van der Waals surface area contributed by atoms with Crippen molar-refractivity contribution >= 4 is 32.8 Å². The number of hydrogen-bond donors (Lipinski definition) is 0. The molecule has 0 aliphatic heterocycles. The minimum Gasteiger partial charge on any atom is -0.545 e. The predicted octanol–water partition coefficient (Wildman–Crippen LogP) is 2.01. The molecule has 0 atom stereocenters. The van der Waals surface area contributed by atoms with Gasteiger partial charge < -0.3 is 9.90 Å². The van der Waals surface area contributed by atoms with Crippen LogP contribution < -0.4 is 56.5 Å². The van der Waals surface area contributed by atoms with Gasteiger partial charge in [0.05, 0.1) is 11.5 Å². The van der Waals surface area contributed by atoms with Crippen molar-refractivity contribution in [3.05, 3.63) is 136 Å². The molecule has 0 aliphatic carbocycles. The molecule has 1 aromatic heterocycles. The van der Waals surface area contributed by atoms with E-state index in [-0.39, 0.29) is 56.9 Å². The number of carboxylic acids is 1. The molecule has 0 saturated heterocycles. The van der Waals surface area contributed by atoms with Crippen LogP contribution in [0.1, 0.15) is 27.0 Å². The summed E-state index contributed by atoms with van der Waals surface area (Å²) in [5.41, 5.74) is 3.26. The maximum atomic E-state index is 11.5. The summed E-state index contributed by atoms with van der Waals surface area (Å²) in [6, 6.07) is 35.6. The van der Waals surface area contributed by atoms with Crippen molar-refractivity contribution in [3.63, 3.8) is 0 Å². The maximum Gasteiger partial charge on any atom is 1.00 e. The Morgan fingerprint density at radius 3 is 1.64 bits per heavy atom. The average molecular weight is 521 g/mol. The van der Waals surface area contributed by atoms with Crippen LogP contribution in [0.15, 0.2) is 114 Å². The largest absolute Gasteiger partial charge is 1.00 e. The Hall–Kier alpha value is -2.06. The van der Waals surface area contributed by atoms with Crippen LogP contribution in [0.5, 0.6) is 0 Å². The summed E-state index contributed by atoms with van der Waals surface area (Å²) in [7, 11) is 0. The number of aromatic nitrogens is 2. The molecule has 6 heteroatoms. The number of carboxylic acid groups (broad SMARTS) is 1. The number of halogens is 1. The Labute approximate surface area is 242 Å². The molecular weight excluding hydrogens is 503 g/mol. The standard InChI is InChI=1S/C27H19BrN2O2.K/c28-25-23-18-19(26(31)32)16-17-24(23)30(29-25)27(20-10-4-1-5-11-20,21-12-6-2-7-13-21)22-14-8-3-9-15-22;/h1-18H,(H,31,32);/q;+1/p-1. The maximum absolute atomic E-state index is 11.5. The van der Waals surface area contributed by atoms with Crippen molar-refractivity contribution < 1.29 is 61.3 Å². The number of hydrogen-bond acceptors (Lipinski definition) is 3. The number of aromatic carboxylic acids is 1. The van der Waals surface area contributed by atoms with Gasteiger partial charge in [-0.05, 0) is 50.3 Å². The number of rotatable bonds is 5. The van der Waals surface area contributed by atoms with Gasteiger partial charge in [0.25, 0.3) is 0 Å². The first-order valence-electron chi connectivity index (χ1n) is 10.2. The molecule has 4 aromatic carbocycles. The van der Waals surface area contributed by atoms with E-state index in [1.54, 1.807) is 18.2 Å². The SMILES string of the molecule is O=C([O-])c1ccc2c(c1)c(Br)nn2C(c1ccccc1)(c1ccccc1)c1ccccc1.[K+]. The van der Waals surface area contributed by atoms with Crippen molar-refractivity contribution in [1.29, 1.82) is 0 Å². The Morgan fingerprint density at radius 1 is 0.758 bits per heavy atom. The molecule has 0 fully saturated rings. The van der Waals surface area contributed by atoms with Crippen LogP contribution in [0.3, 0.4) is 0 Å². The van der Waals surface area contributed by atoms with Gasteiger partial charge in [-0.25, -0.2) is 4.68 Å². The monoisotopic (exact) mass is 520 g/mol. The third-order valence-electron chi connectivity index (χ3n) is 5.76. The molecule has 156 valence electrons. The second-order valence-corrected chi connectivity index (χ2v) is 8.28. The van der Waals surface area contributed by atoms with Gasteiger partial charge in [0.1, 0.15) is 10.1 Å². The van der Waals surface area contributed by atoms with E-state index in [4.69, 9.17) is 5.10 Å². The fourth-order valence-electron chi connectivity index (χ4n) is 4.37. The van der Waals surface area contributed by atoms with Crippen LogP contribution >= 0.6 is 15.9 Å². The Kier molecular flexibility index (Phi) is 7.33. The third kappa shape index (κ3) is 4.16.